The molecule has 11 heteroatoms. The highest BCUT2D eigenvalue weighted by Gasteiger charge is 2.35. The normalized spacial score (nSPS) is 11.3. The van der Waals surface area contributed by atoms with Crippen LogP contribution in [0.2, 0.25) is 0 Å². The summed E-state index contributed by atoms with van der Waals surface area (Å²) in [6.45, 7) is 2.99. The van der Waals surface area contributed by atoms with Gasteiger partial charge in [-0.25, -0.2) is 9.59 Å². The van der Waals surface area contributed by atoms with Gasteiger partial charge in [-0.3, -0.25) is 0 Å². The lowest BCUT2D eigenvalue weighted by molar-refractivity contribution is -0.185. The summed E-state index contributed by atoms with van der Waals surface area (Å²) in [6, 6.07) is 14.3. The standard InChI is InChI=1S/C34H40F2N2O7/c1-3-4-17-42-30-15-12-26(22-31(30)41-2)34(35,36)45-29-13-9-24(10-14-29)11-16-32(39)43-18-7-5-6-8-19-44-33(40)25-20-27(37)23-28(38)21-25/h9-16,20-23H,3-8,17-19,37-38H2,1-2H3/b16-11+. The van der Waals surface area contributed by atoms with Gasteiger partial charge in [0.1, 0.15) is 5.75 Å². The Morgan fingerprint density at radius 2 is 1.47 bits per heavy atom. The van der Waals surface area contributed by atoms with Gasteiger partial charge in [-0.15, -0.1) is 0 Å². The maximum Gasteiger partial charge on any atom is 0.426 e. The molecule has 0 saturated carbocycles. The quantitative estimate of drug-likeness (QED) is 0.0654. The van der Waals surface area contributed by atoms with E-state index in [-0.39, 0.29) is 30.3 Å². The number of nitrogens with two attached hydrogens (primary N) is 2. The highest BCUT2D eigenvalue weighted by atomic mass is 19.3. The van der Waals surface area contributed by atoms with Crippen molar-refractivity contribution in [2.75, 3.05) is 38.4 Å². The summed E-state index contributed by atoms with van der Waals surface area (Å²) in [5, 5.41) is 0. The molecular formula is C34H40F2N2O7. The Morgan fingerprint density at radius 1 is 0.800 bits per heavy atom. The third-order valence-electron chi connectivity index (χ3n) is 6.52. The van der Waals surface area contributed by atoms with Crippen LogP contribution in [0.4, 0.5) is 20.2 Å². The number of rotatable bonds is 18. The number of carbonyl (C=O) groups is 2. The highest BCUT2D eigenvalue weighted by Crippen LogP contribution is 2.37. The summed E-state index contributed by atoms with van der Waals surface area (Å²) in [5.41, 5.74) is 12.7. The van der Waals surface area contributed by atoms with Crippen molar-refractivity contribution >= 4 is 29.4 Å². The highest BCUT2D eigenvalue weighted by molar-refractivity contribution is 5.91. The molecule has 3 rings (SSSR count). The molecule has 0 aliphatic heterocycles. The van der Waals surface area contributed by atoms with Crippen LogP contribution in [0, 0.1) is 0 Å². The predicted octanol–water partition coefficient (Wildman–Crippen LogP) is 7.14. The fourth-order valence-corrected chi connectivity index (χ4v) is 4.13. The minimum Gasteiger partial charge on any atom is -0.493 e. The third-order valence-corrected chi connectivity index (χ3v) is 6.52. The van der Waals surface area contributed by atoms with Crippen molar-refractivity contribution in [3.8, 4) is 17.2 Å². The van der Waals surface area contributed by atoms with Crippen molar-refractivity contribution in [3.63, 3.8) is 0 Å². The Labute approximate surface area is 262 Å². The van der Waals surface area contributed by atoms with E-state index >= 15 is 0 Å². The van der Waals surface area contributed by atoms with E-state index in [0.717, 1.165) is 25.7 Å². The number of esters is 2. The van der Waals surface area contributed by atoms with Gasteiger partial charge in [0.2, 0.25) is 0 Å². The van der Waals surface area contributed by atoms with E-state index in [9.17, 15) is 18.4 Å². The van der Waals surface area contributed by atoms with E-state index in [4.69, 9.17) is 35.2 Å². The Kier molecular flexibility index (Phi) is 13.5. The molecule has 0 heterocycles. The number of hydrogen-bond donors (Lipinski definition) is 2. The zero-order chi connectivity index (χ0) is 32.7. The minimum atomic E-state index is -3.62. The van der Waals surface area contributed by atoms with Gasteiger partial charge in [-0.2, -0.15) is 8.78 Å². The zero-order valence-electron chi connectivity index (χ0n) is 25.6. The molecule has 0 aliphatic rings. The van der Waals surface area contributed by atoms with Crippen molar-refractivity contribution in [3.05, 3.63) is 83.4 Å². The molecule has 0 unspecified atom stereocenters. The number of methoxy groups -OCH3 is 1. The van der Waals surface area contributed by atoms with Crippen LogP contribution in [0.1, 0.15) is 66.9 Å². The Hall–Kier alpha value is -4.80. The van der Waals surface area contributed by atoms with Gasteiger partial charge in [0, 0.05) is 17.5 Å². The third kappa shape index (κ3) is 11.7. The minimum absolute atomic E-state index is 0.0498. The average Bonchev–Trinajstić information content (AvgIpc) is 3.01. The van der Waals surface area contributed by atoms with Crippen LogP contribution >= 0.6 is 0 Å². The molecule has 0 aliphatic carbocycles. The van der Waals surface area contributed by atoms with Gasteiger partial charge in [0.05, 0.1) is 38.1 Å². The summed E-state index contributed by atoms with van der Waals surface area (Å²) in [7, 11) is 1.39. The molecule has 3 aromatic carbocycles. The lowest BCUT2D eigenvalue weighted by Crippen LogP contribution is -2.22. The molecule has 0 bridgehead atoms. The number of carbonyl (C=O) groups excluding carboxylic acids is 2. The van der Waals surface area contributed by atoms with Gasteiger partial charge in [0.25, 0.3) is 0 Å². The second-order valence-corrected chi connectivity index (χ2v) is 10.2. The molecule has 0 fully saturated rings. The molecule has 242 valence electrons. The first-order valence-electron chi connectivity index (χ1n) is 14.8. The topological polar surface area (TPSA) is 132 Å². The summed E-state index contributed by atoms with van der Waals surface area (Å²) in [5.74, 6) is -0.470. The number of ether oxygens (including phenoxy) is 5. The first-order valence-corrected chi connectivity index (χ1v) is 14.8. The SMILES string of the molecule is CCCCOc1ccc(C(F)(F)Oc2ccc(/C=C/C(=O)OCCCCCCOC(=O)c3cc(N)cc(N)c3)cc2)cc1OC. The molecule has 45 heavy (non-hydrogen) atoms. The van der Waals surface area contributed by atoms with Gasteiger partial charge in [0.15, 0.2) is 11.5 Å². The van der Waals surface area contributed by atoms with E-state index in [1.54, 1.807) is 18.2 Å². The maximum atomic E-state index is 14.9. The number of halogens is 2. The fourth-order valence-electron chi connectivity index (χ4n) is 4.13. The number of benzene rings is 3. The Balaban J connectivity index is 1.35. The molecule has 0 spiro atoms. The number of alkyl halides is 2. The van der Waals surface area contributed by atoms with E-state index in [2.05, 4.69) is 0 Å². The largest absolute Gasteiger partial charge is 0.493 e. The van der Waals surface area contributed by atoms with Crippen LogP contribution in [-0.4, -0.2) is 38.9 Å². The van der Waals surface area contributed by atoms with Gasteiger partial charge < -0.3 is 35.2 Å². The van der Waals surface area contributed by atoms with E-state index in [1.165, 1.54) is 61.7 Å². The number of hydrogen-bond acceptors (Lipinski definition) is 9. The van der Waals surface area contributed by atoms with Crippen molar-refractivity contribution < 1.29 is 42.1 Å². The van der Waals surface area contributed by atoms with Crippen molar-refractivity contribution in [1.82, 2.24) is 0 Å². The molecule has 3 aromatic rings. The van der Waals surface area contributed by atoms with E-state index in [1.807, 2.05) is 6.92 Å². The van der Waals surface area contributed by atoms with Crippen LogP contribution in [-0.2, 0) is 20.4 Å². The molecule has 0 atom stereocenters. The number of unbranched alkanes of at least 4 members (excludes halogenated alkanes) is 4. The van der Waals surface area contributed by atoms with Gasteiger partial charge in [-0.05, 0) is 92.3 Å². The summed E-state index contributed by atoms with van der Waals surface area (Å²) >= 11 is 0. The van der Waals surface area contributed by atoms with Crippen molar-refractivity contribution in [1.29, 1.82) is 0 Å². The van der Waals surface area contributed by atoms with Crippen LogP contribution < -0.4 is 25.7 Å². The lowest BCUT2D eigenvalue weighted by atomic mass is 10.1. The van der Waals surface area contributed by atoms with Crippen LogP contribution in [0.15, 0.2) is 66.7 Å². The first kappa shape index (κ1) is 34.7. The zero-order valence-corrected chi connectivity index (χ0v) is 25.6. The Morgan fingerprint density at radius 3 is 2.11 bits per heavy atom. The molecule has 0 saturated heterocycles. The van der Waals surface area contributed by atoms with E-state index in [0.29, 0.717) is 47.7 Å². The summed E-state index contributed by atoms with van der Waals surface area (Å²) < 4.78 is 56.0. The summed E-state index contributed by atoms with van der Waals surface area (Å²) in [4.78, 5) is 24.1. The molecule has 0 radical (unpaired) electrons. The molecule has 0 aromatic heterocycles. The van der Waals surface area contributed by atoms with Crippen LogP contribution in [0.25, 0.3) is 6.08 Å². The summed E-state index contributed by atoms with van der Waals surface area (Å²) in [6.07, 6.45) is 3.85. The molecule has 0 amide bonds. The maximum absolute atomic E-state index is 14.9. The van der Waals surface area contributed by atoms with Gasteiger partial charge >= 0.3 is 18.0 Å². The lowest BCUT2D eigenvalue weighted by Gasteiger charge is -2.20. The smallest absolute Gasteiger partial charge is 0.426 e. The van der Waals surface area contributed by atoms with Gasteiger partial charge in [-0.1, -0.05) is 25.5 Å². The Bertz CT molecular complexity index is 1410. The number of nitrogen functional groups attached to an aromatic ring is 2. The molecule has 4 N–H and O–H groups in total. The fraction of sp³-hybridized carbons (Fsp3) is 0.353. The predicted molar refractivity (Wildman–Crippen MR) is 168 cm³/mol. The second kappa shape index (κ2) is 17.5. The monoisotopic (exact) mass is 626 g/mol. The van der Waals surface area contributed by atoms with Crippen molar-refractivity contribution in [2.45, 2.75) is 51.6 Å². The first-order chi connectivity index (χ1) is 21.6. The molecular weight excluding hydrogens is 586 g/mol. The molecule has 9 nitrogen and oxygen atoms in total. The van der Waals surface area contributed by atoms with E-state index < -0.39 is 18.0 Å². The van der Waals surface area contributed by atoms with Crippen LogP contribution in [0.3, 0.4) is 0 Å². The van der Waals surface area contributed by atoms with Crippen LogP contribution in [0.5, 0.6) is 17.2 Å². The average molecular weight is 627 g/mol. The van der Waals surface area contributed by atoms with Crippen molar-refractivity contribution in [2.24, 2.45) is 0 Å². The second-order valence-electron chi connectivity index (χ2n) is 10.2. The number of anilines is 2.